The highest BCUT2D eigenvalue weighted by Crippen LogP contribution is 2.34. The van der Waals surface area contributed by atoms with Gasteiger partial charge in [-0.25, -0.2) is 4.90 Å². The number of benzene rings is 3. The van der Waals surface area contributed by atoms with Gasteiger partial charge < -0.3 is 9.47 Å². The molecule has 3 aromatic rings. The second-order valence-corrected chi connectivity index (χ2v) is 8.05. The number of carbonyl (C=O) groups is 2. The normalized spacial score (nSPS) is 16.2. The van der Waals surface area contributed by atoms with E-state index in [-0.39, 0.29) is 16.8 Å². The van der Waals surface area contributed by atoms with Crippen LogP contribution in [0, 0.1) is 0 Å². The van der Waals surface area contributed by atoms with Gasteiger partial charge in [0.1, 0.15) is 17.1 Å². The zero-order valence-corrected chi connectivity index (χ0v) is 19.4. The highest BCUT2D eigenvalue weighted by Gasteiger charge is 2.36. The van der Waals surface area contributed by atoms with Crippen molar-refractivity contribution < 1.29 is 19.1 Å². The third kappa shape index (κ3) is 4.32. The molecule has 2 amide bonds. The van der Waals surface area contributed by atoms with E-state index < -0.39 is 11.8 Å². The highest BCUT2D eigenvalue weighted by atomic mass is 32.1. The molecule has 0 bridgehead atoms. The zero-order chi connectivity index (χ0) is 23.5. The molecule has 168 valence electrons. The van der Waals surface area contributed by atoms with E-state index in [9.17, 15) is 9.59 Å². The Kier molecular flexibility index (Phi) is 6.42. The van der Waals surface area contributed by atoms with Gasteiger partial charge in [-0.2, -0.15) is 0 Å². The number of ether oxygens (including phenoxy) is 2. The minimum absolute atomic E-state index is 0.000600. The summed E-state index contributed by atoms with van der Waals surface area (Å²) >= 11 is 5.33. The fraction of sp³-hybridized carbons (Fsp3) is 0.192. The van der Waals surface area contributed by atoms with Crippen molar-refractivity contribution in [3.63, 3.8) is 0 Å². The summed E-state index contributed by atoms with van der Waals surface area (Å²) in [5.74, 6) is -0.0166. The summed E-state index contributed by atoms with van der Waals surface area (Å²) < 4.78 is 11.5. The molecule has 0 spiro atoms. The van der Waals surface area contributed by atoms with Crippen LogP contribution in [-0.4, -0.2) is 30.1 Å². The van der Waals surface area contributed by atoms with Gasteiger partial charge in [0, 0.05) is 5.56 Å². The number of methoxy groups -OCH3 is 1. The van der Waals surface area contributed by atoms with Crippen LogP contribution >= 0.6 is 12.2 Å². The zero-order valence-electron chi connectivity index (χ0n) is 18.6. The predicted octanol–water partition coefficient (Wildman–Crippen LogP) is 4.86. The second-order valence-electron chi connectivity index (χ2n) is 7.66. The van der Waals surface area contributed by atoms with E-state index in [1.807, 2.05) is 50.2 Å². The molecule has 0 aliphatic carbocycles. The summed E-state index contributed by atoms with van der Waals surface area (Å²) in [4.78, 5) is 27.7. The summed E-state index contributed by atoms with van der Waals surface area (Å²) in [5, 5.41) is 4.48. The molecule has 0 radical (unpaired) electrons. The van der Waals surface area contributed by atoms with Gasteiger partial charge in [-0.05, 0) is 60.6 Å². The Hall–Kier alpha value is -3.71. The molecule has 0 aromatic heterocycles. The average molecular weight is 461 g/mol. The van der Waals surface area contributed by atoms with Crippen molar-refractivity contribution in [3.05, 3.63) is 71.8 Å². The van der Waals surface area contributed by atoms with Crippen LogP contribution in [0.4, 0.5) is 5.69 Å². The number of fused-ring (bicyclic) bond motifs is 1. The molecule has 1 heterocycles. The Bertz CT molecular complexity index is 1280. The van der Waals surface area contributed by atoms with Crippen LogP contribution in [0.5, 0.6) is 11.5 Å². The molecule has 4 rings (SSSR count). The maximum Gasteiger partial charge on any atom is 0.270 e. The first-order valence-corrected chi connectivity index (χ1v) is 11.1. The second kappa shape index (κ2) is 9.42. The topological polar surface area (TPSA) is 67.9 Å². The monoisotopic (exact) mass is 460 g/mol. The summed E-state index contributed by atoms with van der Waals surface area (Å²) in [5.41, 5.74) is 1.08. The van der Waals surface area contributed by atoms with Gasteiger partial charge in [0.15, 0.2) is 5.11 Å². The highest BCUT2D eigenvalue weighted by molar-refractivity contribution is 7.80. The molecule has 3 aromatic carbocycles. The molecular weight excluding hydrogens is 436 g/mol. The lowest BCUT2D eigenvalue weighted by molar-refractivity contribution is -0.122. The van der Waals surface area contributed by atoms with Crippen molar-refractivity contribution in [3.8, 4) is 11.5 Å². The molecule has 1 N–H and O–H groups in total. The number of nitrogens with zero attached hydrogens (tertiary/aromatic N) is 1. The van der Waals surface area contributed by atoms with Gasteiger partial charge in [-0.1, -0.05) is 49.4 Å². The van der Waals surface area contributed by atoms with Crippen molar-refractivity contribution in [1.82, 2.24) is 5.32 Å². The number of para-hydroxylation sites is 2. The quantitative estimate of drug-likeness (QED) is 0.323. The van der Waals surface area contributed by atoms with Gasteiger partial charge in [0.05, 0.1) is 18.9 Å². The van der Waals surface area contributed by atoms with Crippen LogP contribution in [0.3, 0.4) is 0 Å². The maximum atomic E-state index is 13.6. The van der Waals surface area contributed by atoms with Crippen molar-refractivity contribution in [2.75, 3.05) is 12.0 Å². The molecule has 33 heavy (non-hydrogen) atoms. The standard InChI is InChI=1S/C26H24N2O4S/c1-4-16(2)32-22-14-13-17-9-5-6-10-18(17)19(22)15-20-24(29)27-26(33)28(25(20)30)21-11-7-8-12-23(21)31-3/h5-16H,4H2,1-3H3,(H,27,29,33)/b20-15+/t16-/m1/s1. The van der Waals surface area contributed by atoms with Crippen molar-refractivity contribution in [2.45, 2.75) is 26.4 Å². The van der Waals surface area contributed by atoms with Crippen molar-refractivity contribution in [1.29, 1.82) is 0 Å². The largest absolute Gasteiger partial charge is 0.495 e. The molecular formula is C26H24N2O4S. The van der Waals surface area contributed by atoms with Crippen LogP contribution in [0.1, 0.15) is 25.8 Å². The van der Waals surface area contributed by atoms with Gasteiger partial charge in [-0.15, -0.1) is 0 Å². The van der Waals surface area contributed by atoms with E-state index in [0.29, 0.717) is 22.7 Å². The van der Waals surface area contributed by atoms with E-state index in [4.69, 9.17) is 21.7 Å². The van der Waals surface area contributed by atoms with Gasteiger partial charge >= 0.3 is 0 Å². The van der Waals surface area contributed by atoms with Gasteiger partial charge in [-0.3, -0.25) is 14.9 Å². The van der Waals surface area contributed by atoms with Crippen LogP contribution in [0.2, 0.25) is 0 Å². The summed E-state index contributed by atoms with van der Waals surface area (Å²) in [6.07, 6.45) is 2.37. The van der Waals surface area contributed by atoms with E-state index in [0.717, 1.165) is 17.2 Å². The number of amides is 2. The number of hydrogen-bond acceptors (Lipinski definition) is 5. The van der Waals surface area contributed by atoms with Crippen LogP contribution in [0.25, 0.3) is 16.8 Å². The lowest BCUT2D eigenvalue weighted by Crippen LogP contribution is -2.54. The molecule has 6 nitrogen and oxygen atoms in total. The lowest BCUT2D eigenvalue weighted by Gasteiger charge is -2.30. The number of hydrogen-bond donors (Lipinski definition) is 1. The predicted molar refractivity (Wildman–Crippen MR) is 134 cm³/mol. The van der Waals surface area contributed by atoms with E-state index in [1.54, 1.807) is 30.3 Å². The fourth-order valence-electron chi connectivity index (χ4n) is 3.66. The first kappa shape index (κ1) is 22.5. The Morgan fingerprint density at radius 1 is 1.03 bits per heavy atom. The summed E-state index contributed by atoms with van der Waals surface area (Å²) in [7, 11) is 1.51. The molecule has 0 unspecified atom stereocenters. The Morgan fingerprint density at radius 2 is 1.76 bits per heavy atom. The van der Waals surface area contributed by atoms with Crippen molar-refractivity contribution >= 4 is 51.7 Å². The third-order valence-corrected chi connectivity index (χ3v) is 5.83. The van der Waals surface area contributed by atoms with E-state index in [2.05, 4.69) is 5.32 Å². The molecule has 1 saturated heterocycles. The Labute approximate surface area is 197 Å². The number of thiocarbonyl (C=S) groups is 1. The van der Waals surface area contributed by atoms with Crippen molar-refractivity contribution in [2.24, 2.45) is 0 Å². The maximum absolute atomic E-state index is 13.6. The van der Waals surface area contributed by atoms with Gasteiger partial charge in [0.25, 0.3) is 11.8 Å². The van der Waals surface area contributed by atoms with Crippen LogP contribution in [0.15, 0.2) is 66.2 Å². The number of nitrogens with one attached hydrogen (secondary N) is 1. The molecule has 1 aliphatic rings. The number of rotatable bonds is 6. The third-order valence-electron chi connectivity index (χ3n) is 5.55. The van der Waals surface area contributed by atoms with Gasteiger partial charge in [0.2, 0.25) is 0 Å². The number of carbonyl (C=O) groups excluding carboxylic acids is 2. The number of anilines is 1. The van der Waals surface area contributed by atoms with E-state index >= 15 is 0 Å². The van der Waals surface area contributed by atoms with E-state index in [1.165, 1.54) is 12.0 Å². The molecule has 1 atom stereocenters. The Balaban J connectivity index is 1.87. The minimum atomic E-state index is -0.557. The first-order valence-electron chi connectivity index (χ1n) is 10.7. The molecule has 7 heteroatoms. The Morgan fingerprint density at radius 3 is 2.52 bits per heavy atom. The average Bonchev–Trinajstić information content (AvgIpc) is 2.82. The molecule has 0 saturated carbocycles. The van der Waals surface area contributed by atoms with Crippen LogP contribution < -0.4 is 19.7 Å². The molecule has 1 fully saturated rings. The van der Waals surface area contributed by atoms with Crippen LogP contribution in [-0.2, 0) is 9.59 Å². The minimum Gasteiger partial charge on any atom is -0.495 e. The molecule has 1 aliphatic heterocycles. The first-order chi connectivity index (χ1) is 15.9. The lowest BCUT2D eigenvalue weighted by atomic mass is 9.99. The smallest absolute Gasteiger partial charge is 0.270 e. The SMILES string of the molecule is CC[C@@H](C)Oc1ccc2ccccc2c1/C=C1\C(=O)NC(=S)N(c2ccccc2OC)C1=O. The summed E-state index contributed by atoms with van der Waals surface area (Å²) in [6.45, 7) is 4.01. The summed E-state index contributed by atoms with van der Waals surface area (Å²) in [6, 6.07) is 18.6. The fourth-order valence-corrected chi connectivity index (χ4v) is 3.94.